The first-order chi connectivity index (χ1) is 5.97. The fraction of sp³-hybridized carbons (Fsp3) is 0.909. The lowest BCUT2D eigenvalue weighted by atomic mass is 9.82. The number of hydrogen-bond donors (Lipinski definition) is 1. The molecular formula is C11H23NO. The molecule has 0 saturated carbocycles. The maximum absolute atomic E-state index is 11.7. The van der Waals surface area contributed by atoms with E-state index in [0.29, 0.717) is 24.7 Å². The number of Topliss-reactive ketones (excluding diaryl/α,β-unsaturated/α-hetero) is 1. The summed E-state index contributed by atoms with van der Waals surface area (Å²) in [5.74, 6) is 0.849. The molecule has 0 fully saturated rings. The second-order valence-electron chi connectivity index (χ2n) is 4.40. The lowest BCUT2D eigenvalue weighted by Gasteiger charge is -2.23. The summed E-state index contributed by atoms with van der Waals surface area (Å²) in [5, 5.41) is 0. The third-order valence-electron chi connectivity index (χ3n) is 2.89. The topological polar surface area (TPSA) is 43.1 Å². The van der Waals surface area contributed by atoms with Crippen molar-refractivity contribution in [3.63, 3.8) is 0 Å². The third-order valence-corrected chi connectivity index (χ3v) is 2.89. The molecule has 2 heteroatoms. The number of ketones is 1. The molecule has 0 aromatic heterocycles. The first kappa shape index (κ1) is 12.6. The van der Waals surface area contributed by atoms with Crippen molar-refractivity contribution < 1.29 is 4.79 Å². The van der Waals surface area contributed by atoms with Gasteiger partial charge in [-0.1, -0.05) is 40.5 Å². The summed E-state index contributed by atoms with van der Waals surface area (Å²) in [4.78, 5) is 11.7. The molecule has 0 amide bonds. The number of rotatable bonds is 6. The van der Waals surface area contributed by atoms with Crippen LogP contribution in [-0.4, -0.2) is 12.3 Å². The highest BCUT2D eigenvalue weighted by Crippen LogP contribution is 2.22. The van der Waals surface area contributed by atoms with E-state index in [1.54, 1.807) is 0 Å². The Bertz CT molecular complexity index is 159. The van der Waals surface area contributed by atoms with Gasteiger partial charge in [-0.15, -0.1) is 0 Å². The van der Waals surface area contributed by atoms with Gasteiger partial charge in [-0.3, -0.25) is 4.79 Å². The summed E-state index contributed by atoms with van der Waals surface area (Å²) in [5.41, 5.74) is 5.21. The average Bonchev–Trinajstić information content (AvgIpc) is 2.13. The monoisotopic (exact) mass is 185 g/mol. The molecule has 0 aliphatic rings. The Labute approximate surface area is 81.9 Å². The van der Waals surface area contributed by atoms with Crippen LogP contribution in [0.4, 0.5) is 0 Å². The molecule has 0 heterocycles. The van der Waals surface area contributed by atoms with Gasteiger partial charge in [0, 0.05) is 18.4 Å². The van der Waals surface area contributed by atoms with Gasteiger partial charge in [0.2, 0.25) is 0 Å². The molecule has 0 saturated heterocycles. The second-order valence-corrected chi connectivity index (χ2v) is 4.40. The standard InChI is InChI=1S/C11H23NO/c1-5-9(6-2)7-10(13)11(3,4)8-12/h9H,5-8,12H2,1-4H3. The van der Waals surface area contributed by atoms with Crippen molar-refractivity contribution in [3.05, 3.63) is 0 Å². The van der Waals surface area contributed by atoms with Crippen LogP contribution in [0.15, 0.2) is 0 Å². The zero-order chi connectivity index (χ0) is 10.5. The van der Waals surface area contributed by atoms with Crippen molar-refractivity contribution in [1.29, 1.82) is 0 Å². The maximum Gasteiger partial charge on any atom is 0.140 e. The lowest BCUT2D eigenvalue weighted by molar-refractivity contribution is -0.127. The quantitative estimate of drug-likeness (QED) is 0.690. The minimum Gasteiger partial charge on any atom is -0.329 e. The molecule has 0 aliphatic carbocycles. The highest BCUT2D eigenvalue weighted by molar-refractivity contribution is 5.84. The molecule has 0 aromatic carbocycles. The normalized spacial score (nSPS) is 12.2. The van der Waals surface area contributed by atoms with E-state index in [0.717, 1.165) is 12.8 Å². The number of nitrogens with two attached hydrogens (primary N) is 1. The predicted molar refractivity (Wildman–Crippen MR) is 56.5 cm³/mol. The molecule has 0 aliphatic heterocycles. The highest BCUT2D eigenvalue weighted by Gasteiger charge is 2.26. The highest BCUT2D eigenvalue weighted by atomic mass is 16.1. The Kier molecular flexibility index (Phi) is 5.23. The second kappa shape index (κ2) is 5.38. The minimum atomic E-state index is -0.331. The molecule has 0 atom stereocenters. The van der Waals surface area contributed by atoms with Gasteiger partial charge in [-0.2, -0.15) is 0 Å². The van der Waals surface area contributed by atoms with Crippen molar-refractivity contribution in [3.8, 4) is 0 Å². The Balaban J connectivity index is 4.13. The van der Waals surface area contributed by atoms with Crippen LogP contribution in [-0.2, 0) is 4.79 Å². The Morgan fingerprint density at radius 1 is 1.31 bits per heavy atom. The Morgan fingerprint density at radius 2 is 1.77 bits per heavy atom. The van der Waals surface area contributed by atoms with Gasteiger partial charge in [0.05, 0.1) is 0 Å². The SMILES string of the molecule is CCC(CC)CC(=O)C(C)(C)CN. The van der Waals surface area contributed by atoms with Crippen LogP contribution in [0.5, 0.6) is 0 Å². The van der Waals surface area contributed by atoms with E-state index >= 15 is 0 Å². The first-order valence-corrected chi connectivity index (χ1v) is 5.21. The predicted octanol–water partition coefficient (Wildman–Crippen LogP) is 2.37. The van der Waals surface area contributed by atoms with Crippen molar-refractivity contribution in [2.24, 2.45) is 17.1 Å². The molecule has 0 rings (SSSR count). The molecule has 0 bridgehead atoms. The van der Waals surface area contributed by atoms with Crippen LogP contribution in [0.25, 0.3) is 0 Å². The van der Waals surface area contributed by atoms with Gasteiger partial charge >= 0.3 is 0 Å². The summed E-state index contributed by atoms with van der Waals surface area (Å²) in [6, 6.07) is 0. The molecular weight excluding hydrogens is 162 g/mol. The van der Waals surface area contributed by atoms with Crippen LogP contribution >= 0.6 is 0 Å². The summed E-state index contributed by atoms with van der Waals surface area (Å²) in [6.45, 7) is 8.58. The minimum absolute atomic E-state index is 0.309. The van der Waals surface area contributed by atoms with Crippen molar-refractivity contribution in [2.45, 2.75) is 47.0 Å². The summed E-state index contributed by atoms with van der Waals surface area (Å²) < 4.78 is 0. The van der Waals surface area contributed by atoms with E-state index < -0.39 is 0 Å². The van der Waals surface area contributed by atoms with Crippen LogP contribution < -0.4 is 5.73 Å². The van der Waals surface area contributed by atoms with Gasteiger partial charge in [0.1, 0.15) is 5.78 Å². The summed E-state index contributed by atoms with van der Waals surface area (Å²) >= 11 is 0. The lowest BCUT2D eigenvalue weighted by Crippen LogP contribution is -2.33. The van der Waals surface area contributed by atoms with Crippen LogP contribution in [0.3, 0.4) is 0 Å². The number of carbonyl (C=O) groups is 1. The fourth-order valence-electron chi connectivity index (χ4n) is 1.23. The van der Waals surface area contributed by atoms with Crippen LogP contribution in [0, 0.1) is 11.3 Å². The average molecular weight is 185 g/mol. The van der Waals surface area contributed by atoms with E-state index in [9.17, 15) is 4.79 Å². The van der Waals surface area contributed by atoms with Gasteiger partial charge in [-0.25, -0.2) is 0 Å². The Morgan fingerprint density at radius 3 is 2.08 bits per heavy atom. The van der Waals surface area contributed by atoms with E-state index in [-0.39, 0.29) is 5.41 Å². The van der Waals surface area contributed by atoms with Crippen LogP contribution in [0.2, 0.25) is 0 Å². The van der Waals surface area contributed by atoms with E-state index in [1.165, 1.54) is 0 Å². The van der Waals surface area contributed by atoms with E-state index in [4.69, 9.17) is 5.73 Å². The van der Waals surface area contributed by atoms with Crippen LogP contribution in [0.1, 0.15) is 47.0 Å². The van der Waals surface area contributed by atoms with Crippen molar-refractivity contribution >= 4 is 5.78 Å². The first-order valence-electron chi connectivity index (χ1n) is 5.21. The van der Waals surface area contributed by atoms with Gasteiger partial charge in [-0.05, 0) is 5.92 Å². The van der Waals surface area contributed by atoms with E-state index in [2.05, 4.69) is 13.8 Å². The molecule has 2 N–H and O–H groups in total. The molecule has 0 aromatic rings. The number of hydrogen-bond acceptors (Lipinski definition) is 2. The molecule has 78 valence electrons. The zero-order valence-corrected chi connectivity index (χ0v) is 9.39. The third kappa shape index (κ3) is 3.90. The van der Waals surface area contributed by atoms with Crippen molar-refractivity contribution in [2.75, 3.05) is 6.54 Å². The largest absolute Gasteiger partial charge is 0.329 e. The van der Waals surface area contributed by atoms with Gasteiger partial charge in [0.15, 0.2) is 0 Å². The van der Waals surface area contributed by atoms with E-state index in [1.807, 2.05) is 13.8 Å². The molecule has 0 radical (unpaired) electrons. The summed E-state index contributed by atoms with van der Waals surface area (Å²) in [6.07, 6.45) is 2.86. The van der Waals surface area contributed by atoms with Gasteiger partial charge < -0.3 is 5.73 Å². The smallest absolute Gasteiger partial charge is 0.140 e. The molecule has 13 heavy (non-hydrogen) atoms. The number of carbonyl (C=O) groups excluding carboxylic acids is 1. The molecule has 0 unspecified atom stereocenters. The fourth-order valence-corrected chi connectivity index (χ4v) is 1.23. The molecule has 0 spiro atoms. The van der Waals surface area contributed by atoms with Gasteiger partial charge in [0.25, 0.3) is 0 Å². The Hall–Kier alpha value is -0.370. The maximum atomic E-state index is 11.7. The summed E-state index contributed by atoms with van der Waals surface area (Å²) in [7, 11) is 0. The molecule has 2 nitrogen and oxygen atoms in total. The van der Waals surface area contributed by atoms with Crippen molar-refractivity contribution in [1.82, 2.24) is 0 Å². The zero-order valence-electron chi connectivity index (χ0n) is 9.39.